The maximum absolute atomic E-state index is 12.0. The lowest BCUT2D eigenvalue weighted by molar-refractivity contribution is 0.383. The van der Waals surface area contributed by atoms with E-state index in [1.54, 1.807) is 6.07 Å². The Labute approximate surface area is 135 Å². The summed E-state index contributed by atoms with van der Waals surface area (Å²) in [5.74, 6) is -0.607. The van der Waals surface area contributed by atoms with Crippen LogP contribution in [0.25, 0.3) is 0 Å². The van der Waals surface area contributed by atoms with Crippen molar-refractivity contribution in [3.63, 3.8) is 0 Å². The Kier molecular flexibility index (Phi) is 5.08. The zero-order chi connectivity index (χ0) is 17.3. The highest BCUT2D eigenvalue weighted by Crippen LogP contribution is 2.53. The van der Waals surface area contributed by atoms with Crippen molar-refractivity contribution >= 4 is 16.6 Å². The van der Waals surface area contributed by atoms with Gasteiger partial charge < -0.3 is 14.9 Å². The fourth-order valence-electron chi connectivity index (χ4n) is 2.18. The van der Waals surface area contributed by atoms with Crippen LogP contribution in [0.4, 0.5) is 0 Å². The molecule has 6 nitrogen and oxygen atoms in total. The lowest BCUT2D eigenvalue weighted by atomic mass is 10.0. The number of aryl methyl sites for hydroxylation is 1. The van der Waals surface area contributed by atoms with E-state index in [0.717, 1.165) is 12.0 Å². The van der Waals surface area contributed by atoms with Gasteiger partial charge in [0.15, 0.2) is 0 Å². The fraction of sp³-hybridized carbons (Fsp3) is 0.200. The number of hydrogen-bond donors (Lipinski definition) is 5. The van der Waals surface area contributed by atoms with Crippen LogP contribution in [0.1, 0.15) is 23.6 Å². The molecule has 0 aromatic heterocycles. The van der Waals surface area contributed by atoms with Gasteiger partial charge in [0.2, 0.25) is 0 Å². The summed E-state index contributed by atoms with van der Waals surface area (Å²) in [6, 6.07) is 11.7. The van der Waals surface area contributed by atoms with Gasteiger partial charge in [-0.25, -0.2) is 4.57 Å². The van der Waals surface area contributed by atoms with E-state index in [1.807, 2.05) is 31.2 Å². The molecule has 0 fully saturated rings. The zero-order valence-corrected chi connectivity index (χ0v) is 14.2. The lowest BCUT2D eigenvalue weighted by Gasteiger charge is -2.25. The quantitative estimate of drug-likeness (QED) is 0.414. The van der Waals surface area contributed by atoms with Crippen molar-refractivity contribution in [3.8, 4) is 5.75 Å². The molecule has 0 radical (unpaired) electrons. The van der Waals surface area contributed by atoms with E-state index in [4.69, 9.17) is 9.79 Å². The molecule has 2 aromatic rings. The molecule has 2 rings (SSSR count). The Balaban J connectivity index is 2.37. The summed E-state index contributed by atoms with van der Waals surface area (Å²) < 4.78 is 32.9. The largest absolute Gasteiger partial charge is 0.506 e. The number of rotatable bonds is 5. The molecular weight excluding hydrogens is 339 g/mol. The molecule has 0 heterocycles. The summed E-state index contributed by atoms with van der Waals surface area (Å²) in [7, 11) is -4.99. The first-order chi connectivity index (χ1) is 10.6. The normalized spacial score (nSPS) is 13.0. The molecule has 0 aliphatic carbocycles. The molecule has 0 saturated heterocycles. The molecule has 4 N–H and O–H groups in total. The molecule has 0 aliphatic heterocycles. The van der Waals surface area contributed by atoms with Crippen molar-refractivity contribution in [2.45, 2.75) is 24.7 Å². The highest BCUT2D eigenvalue weighted by Gasteiger charge is 2.32. The van der Waals surface area contributed by atoms with Gasteiger partial charge in [0.1, 0.15) is 10.6 Å². The summed E-state index contributed by atoms with van der Waals surface area (Å²) in [6.07, 6.45) is 1.33. The van der Waals surface area contributed by atoms with Crippen molar-refractivity contribution in [2.75, 3.05) is 0 Å². The maximum atomic E-state index is 12.0. The van der Waals surface area contributed by atoms with E-state index in [1.165, 1.54) is 17.7 Å². The molecule has 126 valence electrons. The van der Waals surface area contributed by atoms with Crippen LogP contribution in [0.5, 0.6) is 5.75 Å². The van der Waals surface area contributed by atoms with Crippen LogP contribution >= 0.6 is 6.80 Å². The number of hydrogen-bond acceptors (Lipinski definition) is 3. The molecule has 0 atom stereocenters. The maximum Gasteiger partial charge on any atom is 0.438 e. The molecule has 0 amide bonds. The van der Waals surface area contributed by atoms with Crippen molar-refractivity contribution in [2.24, 2.45) is 0 Å². The Morgan fingerprint density at radius 1 is 1.00 bits per heavy atom. The first-order valence-electron chi connectivity index (χ1n) is 6.94. The third kappa shape index (κ3) is 3.88. The molecule has 2 aromatic carbocycles. The Morgan fingerprint density at radius 3 is 2.04 bits per heavy atom. The van der Waals surface area contributed by atoms with Gasteiger partial charge in [-0.05, 0) is 41.7 Å². The number of thiol groups is 1. The molecule has 0 saturated carbocycles. The number of phenolic OH excluding ortho intramolecular Hbond substituents is 1. The minimum Gasteiger partial charge on any atom is -0.506 e. The summed E-state index contributed by atoms with van der Waals surface area (Å²) in [5.41, 5.74) is 2.70. The Hall–Kier alpha value is -1.50. The second-order valence-electron chi connectivity index (χ2n) is 5.23. The van der Waals surface area contributed by atoms with Crippen LogP contribution < -0.4 is 0 Å². The number of phenols is 1. The fourth-order valence-corrected chi connectivity index (χ4v) is 4.49. The third-order valence-corrected chi connectivity index (χ3v) is 8.00. The van der Waals surface area contributed by atoms with E-state index in [0.29, 0.717) is 12.0 Å². The highest BCUT2D eigenvalue weighted by atomic mass is 32.8. The standard InChI is InChI=1S/C15H19O6PS/c1-2-11-3-5-12(6-4-11)9-13-7-8-14(16)15(10-13)23(20,21)22(17,18)19/h3-8,10,16,23H,2,9H2,1H3,(H,20,21)(H2,17,18,19). The first kappa shape index (κ1) is 17.8. The van der Waals surface area contributed by atoms with Crippen molar-refractivity contribution in [1.82, 2.24) is 0 Å². The minimum atomic E-state index is -5.28. The van der Waals surface area contributed by atoms with Crippen molar-refractivity contribution < 1.29 is 28.2 Å². The number of aromatic hydroxyl groups is 1. The number of benzene rings is 2. The minimum absolute atomic E-state index is 0.415. The highest BCUT2D eigenvalue weighted by molar-refractivity contribution is 8.52. The summed E-state index contributed by atoms with van der Waals surface area (Å²) in [4.78, 5) is 17.5. The third-order valence-electron chi connectivity index (χ3n) is 3.55. The van der Waals surface area contributed by atoms with E-state index in [9.17, 15) is 18.4 Å². The van der Waals surface area contributed by atoms with Crippen LogP contribution in [0.2, 0.25) is 0 Å². The lowest BCUT2D eigenvalue weighted by Crippen LogP contribution is -2.11. The SMILES string of the molecule is CCc1ccc(Cc2ccc(O)c([SH](=O)(O)P(=O)(O)O)c2)cc1. The molecule has 0 bridgehead atoms. The monoisotopic (exact) mass is 358 g/mol. The van der Waals surface area contributed by atoms with Crippen LogP contribution in [-0.4, -0.2) is 23.7 Å². The second kappa shape index (κ2) is 6.55. The molecule has 0 aliphatic rings. The average Bonchev–Trinajstić information content (AvgIpc) is 2.48. The van der Waals surface area contributed by atoms with Gasteiger partial charge in [0, 0.05) is 0 Å². The molecule has 0 unspecified atom stereocenters. The Morgan fingerprint density at radius 2 is 1.52 bits per heavy atom. The van der Waals surface area contributed by atoms with Gasteiger partial charge in [-0.2, -0.15) is 4.21 Å². The predicted molar refractivity (Wildman–Crippen MR) is 89.2 cm³/mol. The van der Waals surface area contributed by atoms with E-state index in [2.05, 4.69) is 0 Å². The Bertz CT molecular complexity index is 796. The zero-order valence-electron chi connectivity index (χ0n) is 12.5. The predicted octanol–water partition coefficient (Wildman–Crippen LogP) is 2.49. The van der Waals surface area contributed by atoms with E-state index in [-0.39, 0.29) is 0 Å². The first-order valence-corrected chi connectivity index (χ1v) is 10.9. The van der Waals surface area contributed by atoms with Gasteiger partial charge in [0.05, 0.1) is 0 Å². The molecule has 0 spiro atoms. The molecular formula is C15H19O6PS. The second-order valence-corrected chi connectivity index (χ2v) is 11.0. The topological polar surface area (TPSA) is 115 Å². The van der Waals surface area contributed by atoms with Gasteiger partial charge in [0.25, 0.3) is 0 Å². The van der Waals surface area contributed by atoms with Gasteiger partial charge in [-0.15, -0.1) is 0 Å². The molecule has 8 heteroatoms. The van der Waals surface area contributed by atoms with E-state index < -0.39 is 27.3 Å². The summed E-state index contributed by atoms with van der Waals surface area (Å²) in [6.45, 7) is -3.24. The van der Waals surface area contributed by atoms with Crippen molar-refractivity contribution in [1.29, 1.82) is 0 Å². The van der Waals surface area contributed by atoms with E-state index >= 15 is 0 Å². The summed E-state index contributed by atoms with van der Waals surface area (Å²) >= 11 is 0. The average molecular weight is 358 g/mol. The summed E-state index contributed by atoms with van der Waals surface area (Å²) in [5, 5.41) is 9.69. The van der Waals surface area contributed by atoms with Crippen LogP contribution in [-0.2, 0) is 27.2 Å². The van der Waals surface area contributed by atoms with Gasteiger partial charge >= 0.3 is 6.80 Å². The van der Waals surface area contributed by atoms with Gasteiger partial charge in [-0.1, -0.05) is 47.1 Å². The molecule has 23 heavy (non-hydrogen) atoms. The van der Waals surface area contributed by atoms with Crippen LogP contribution in [0.3, 0.4) is 0 Å². The van der Waals surface area contributed by atoms with Crippen LogP contribution in [0, 0.1) is 0 Å². The smallest absolute Gasteiger partial charge is 0.438 e. The van der Waals surface area contributed by atoms with Gasteiger partial charge in [-0.3, -0.25) is 4.55 Å². The van der Waals surface area contributed by atoms with Crippen molar-refractivity contribution in [3.05, 3.63) is 59.2 Å². The van der Waals surface area contributed by atoms with Crippen LogP contribution in [0.15, 0.2) is 47.4 Å².